The molecule has 0 aliphatic heterocycles. The number of hydrogen-bond acceptors (Lipinski definition) is 0. The maximum atomic E-state index is 2.26. The van der Waals surface area contributed by atoms with Crippen molar-refractivity contribution in [3.63, 3.8) is 0 Å². The summed E-state index contributed by atoms with van der Waals surface area (Å²) in [5, 5.41) is 0. The molecule has 0 aliphatic rings. The zero-order valence-electron chi connectivity index (χ0n) is 8.88. The van der Waals surface area contributed by atoms with Crippen molar-refractivity contribution in [3.05, 3.63) is 24.3 Å². The second-order valence-corrected chi connectivity index (χ2v) is 3.83. The summed E-state index contributed by atoms with van der Waals surface area (Å²) in [4.78, 5) is 0. The van der Waals surface area contributed by atoms with Gasteiger partial charge in [-0.3, -0.25) is 0 Å². The highest BCUT2D eigenvalue weighted by atomic mass is 13.9. The van der Waals surface area contributed by atoms with Crippen LogP contribution in [-0.2, 0) is 0 Å². The number of hydrogen-bond donors (Lipinski definition) is 0. The fraction of sp³-hybridized carbons (Fsp3) is 0.667. The third-order valence-electron chi connectivity index (χ3n) is 1.94. The second-order valence-electron chi connectivity index (χ2n) is 3.83. The average Bonchev–Trinajstić information content (AvgIpc) is 2.03. The van der Waals surface area contributed by atoms with Crippen molar-refractivity contribution >= 4 is 0 Å². The van der Waals surface area contributed by atoms with Crippen molar-refractivity contribution in [2.45, 2.75) is 40.5 Å². The predicted molar refractivity (Wildman–Crippen MR) is 57.2 cm³/mol. The summed E-state index contributed by atoms with van der Waals surface area (Å²) in [6.45, 7) is 8.94. The fourth-order valence-electron chi connectivity index (χ4n) is 0.819. The lowest BCUT2D eigenvalue weighted by atomic mass is 10.1. The molecule has 0 fully saturated rings. The van der Waals surface area contributed by atoms with Crippen LogP contribution in [0.5, 0.6) is 0 Å². The molecule has 0 aromatic carbocycles. The van der Waals surface area contributed by atoms with Crippen molar-refractivity contribution < 1.29 is 0 Å². The van der Waals surface area contributed by atoms with Crippen LogP contribution in [0.2, 0.25) is 0 Å². The van der Waals surface area contributed by atoms with Crippen LogP contribution in [0.15, 0.2) is 24.3 Å². The Kier molecular flexibility index (Phi) is 6.84. The molecule has 1 atom stereocenters. The molecule has 0 rings (SSSR count). The molecule has 0 bridgehead atoms. The molecule has 0 aliphatic carbocycles. The van der Waals surface area contributed by atoms with Gasteiger partial charge in [-0.05, 0) is 18.3 Å². The molecule has 1 unspecified atom stereocenters. The molecule has 0 heterocycles. The molecule has 0 aromatic rings. The summed E-state index contributed by atoms with van der Waals surface area (Å²) in [5.41, 5.74) is 0. The first-order valence-electron chi connectivity index (χ1n) is 5.00. The van der Waals surface area contributed by atoms with E-state index in [-0.39, 0.29) is 0 Å². The Morgan fingerprint density at radius 1 is 1.08 bits per heavy atom. The van der Waals surface area contributed by atoms with Gasteiger partial charge in [-0.15, -0.1) is 0 Å². The van der Waals surface area contributed by atoms with E-state index < -0.39 is 0 Å². The van der Waals surface area contributed by atoms with E-state index in [0.29, 0.717) is 5.92 Å². The molecule has 0 N–H and O–H groups in total. The standard InChI is InChI=1S/C12H22/c1-5-12(4)10-8-6-7-9-11(2)3/h6-8,10-12H,5,9H2,1-4H3. The van der Waals surface area contributed by atoms with Crippen molar-refractivity contribution in [2.75, 3.05) is 0 Å². The van der Waals surface area contributed by atoms with Crippen LogP contribution in [-0.4, -0.2) is 0 Å². The first-order valence-corrected chi connectivity index (χ1v) is 5.00. The average molecular weight is 166 g/mol. The molecule has 0 saturated heterocycles. The van der Waals surface area contributed by atoms with Gasteiger partial charge in [0.25, 0.3) is 0 Å². The van der Waals surface area contributed by atoms with Crippen molar-refractivity contribution in [3.8, 4) is 0 Å². The lowest BCUT2D eigenvalue weighted by Gasteiger charge is -1.97. The van der Waals surface area contributed by atoms with E-state index in [4.69, 9.17) is 0 Å². The normalized spacial score (nSPS) is 15.1. The van der Waals surface area contributed by atoms with Crippen molar-refractivity contribution in [2.24, 2.45) is 11.8 Å². The lowest BCUT2D eigenvalue weighted by molar-refractivity contribution is 0.663. The summed E-state index contributed by atoms with van der Waals surface area (Å²) in [6.07, 6.45) is 11.2. The van der Waals surface area contributed by atoms with Crippen LogP contribution in [0, 0.1) is 11.8 Å². The van der Waals surface area contributed by atoms with Gasteiger partial charge in [-0.1, -0.05) is 58.4 Å². The van der Waals surface area contributed by atoms with E-state index in [1.54, 1.807) is 0 Å². The Morgan fingerprint density at radius 3 is 2.25 bits per heavy atom. The van der Waals surface area contributed by atoms with Gasteiger partial charge in [0.1, 0.15) is 0 Å². The Balaban J connectivity index is 3.52. The van der Waals surface area contributed by atoms with Gasteiger partial charge < -0.3 is 0 Å². The Hall–Kier alpha value is -0.520. The van der Waals surface area contributed by atoms with Gasteiger partial charge in [0.2, 0.25) is 0 Å². The molecule has 70 valence electrons. The van der Waals surface area contributed by atoms with Gasteiger partial charge >= 0.3 is 0 Å². The third-order valence-corrected chi connectivity index (χ3v) is 1.94. The molecule has 0 amide bonds. The van der Waals surface area contributed by atoms with Crippen molar-refractivity contribution in [1.29, 1.82) is 0 Å². The molecule has 0 heteroatoms. The Morgan fingerprint density at radius 2 is 1.75 bits per heavy atom. The zero-order valence-corrected chi connectivity index (χ0v) is 8.88. The van der Waals surface area contributed by atoms with E-state index in [0.717, 1.165) is 5.92 Å². The molecular weight excluding hydrogens is 144 g/mol. The van der Waals surface area contributed by atoms with Crippen LogP contribution >= 0.6 is 0 Å². The SMILES string of the molecule is CCC(C)C=CC=CCC(C)C. The second kappa shape index (κ2) is 7.15. The predicted octanol–water partition coefficient (Wildman–Crippen LogP) is 4.19. The minimum Gasteiger partial charge on any atom is -0.0843 e. The van der Waals surface area contributed by atoms with Crippen LogP contribution in [0.4, 0.5) is 0 Å². The summed E-state index contributed by atoms with van der Waals surface area (Å²) in [5.74, 6) is 1.49. The van der Waals surface area contributed by atoms with Crippen LogP contribution in [0.25, 0.3) is 0 Å². The molecule has 0 radical (unpaired) electrons. The summed E-state index contributed by atoms with van der Waals surface area (Å²) >= 11 is 0. The molecule has 0 saturated carbocycles. The first kappa shape index (κ1) is 11.5. The van der Waals surface area contributed by atoms with E-state index >= 15 is 0 Å². The smallest absolute Gasteiger partial charge is 0.0261 e. The summed E-state index contributed by atoms with van der Waals surface area (Å²) < 4.78 is 0. The van der Waals surface area contributed by atoms with E-state index in [2.05, 4.69) is 52.0 Å². The topological polar surface area (TPSA) is 0 Å². The highest BCUT2D eigenvalue weighted by molar-refractivity contribution is 5.03. The maximum Gasteiger partial charge on any atom is -0.0261 e. The quantitative estimate of drug-likeness (QED) is 0.537. The number of rotatable bonds is 5. The van der Waals surface area contributed by atoms with E-state index in [1.165, 1.54) is 12.8 Å². The van der Waals surface area contributed by atoms with Gasteiger partial charge in [-0.25, -0.2) is 0 Å². The first-order chi connectivity index (χ1) is 5.66. The zero-order chi connectivity index (χ0) is 9.40. The fourth-order valence-corrected chi connectivity index (χ4v) is 0.819. The molecular formula is C12H22. The third kappa shape index (κ3) is 7.59. The van der Waals surface area contributed by atoms with Gasteiger partial charge in [0.05, 0.1) is 0 Å². The van der Waals surface area contributed by atoms with Gasteiger partial charge in [0, 0.05) is 0 Å². The van der Waals surface area contributed by atoms with Crippen molar-refractivity contribution in [1.82, 2.24) is 0 Å². The monoisotopic (exact) mass is 166 g/mol. The minimum atomic E-state index is 0.716. The van der Waals surface area contributed by atoms with Gasteiger partial charge in [0.15, 0.2) is 0 Å². The Bertz CT molecular complexity index is 140. The van der Waals surface area contributed by atoms with E-state index in [1.807, 2.05) is 0 Å². The Labute approximate surface area is 77.4 Å². The molecule has 12 heavy (non-hydrogen) atoms. The molecule has 0 spiro atoms. The summed E-state index contributed by atoms with van der Waals surface area (Å²) in [6, 6.07) is 0. The highest BCUT2D eigenvalue weighted by Gasteiger charge is 1.88. The lowest BCUT2D eigenvalue weighted by Crippen LogP contribution is -1.83. The number of allylic oxidation sites excluding steroid dienone is 4. The highest BCUT2D eigenvalue weighted by Crippen LogP contribution is 2.03. The maximum absolute atomic E-state index is 2.26. The van der Waals surface area contributed by atoms with Crippen LogP contribution in [0.1, 0.15) is 40.5 Å². The van der Waals surface area contributed by atoms with Crippen LogP contribution < -0.4 is 0 Å². The van der Waals surface area contributed by atoms with Gasteiger partial charge in [-0.2, -0.15) is 0 Å². The van der Waals surface area contributed by atoms with Crippen LogP contribution in [0.3, 0.4) is 0 Å². The minimum absolute atomic E-state index is 0.716. The largest absolute Gasteiger partial charge is 0.0843 e. The molecule has 0 aromatic heterocycles. The van der Waals surface area contributed by atoms with E-state index in [9.17, 15) is 0 Å². The molecule has 0 nitrogen and oxygen atoms in total. The summed E-state index contributed by atoms with van der Waals surface area (Å²) in [7, 11) is 0.